The van der Waals surface area contributed by atoms with E-state index in [-0.39, 0.29) is 16.7 Å². The molecule has 1 aromatic heterocycles. The summed E-state index contributed by atoms with van der Waals surface area (Å²) in [4.78, 5) is 14.5. The summed E-state index contributed by atoms with van der Waals surface area (Å²) >= 11 is 0. The fraction of sp³-hybridized carbons (Fsp3) is 0.385. The van der Waals surface area contributed by atoms with Crippen LogP contribution in [0.2, 0.25) is 0 Å². The van der Waals surface area contributed by atoms with Crippen LogP contribution < -0.4 is 5.32 Å². The van der Waals surface area contributed by atoms with E-state index in [9.17, 15) is 10.1 Å². The first kappa shape index (κ1) is 14.1. The molecule has 0 bridgehead atoms. The van der Waals surface area contributed by atoms with Crippen molar-refractivity contribution in [2.45, 2.75) is 32.4 Å². The fourth-order valence-electron chi connectivity index (χ4n) is 2.07. The van der Waals surface area contributed by atoms with Crippen LogP contribution >= 0.6 is 0 Å². The van der Waals surface area contributed by atoms with Crippen molar-refractivity contribution >= 4 is 5.69 Å². The lowest BCUT2D eigenvalue weighted by atomic mass is 10.0. The lowest BCUT2D eigenvalue weighted by Gasteiger charge is -2.17. The molecule has 0 fully saturated rings. The third-order valence-corrected chi connectivity index (χ3v) is 3.04. The summed E-state index contributed by atoms with van der Waals surface area (Å²) in [7, 11) is 0. The van der Waals surface area contributed by atoms with E-state index in [1.165, 1.54) is 12.4 Å². The maximum atomic E-state index is 10.8. The van der Waals surface area contributed by atoms with E-state index in [1.54, 1.807) is 12.1 Å². The van der Waals surface area contributed by atoms with Crippen molar-refractivity contribution in [1.29, 1.82) is 0 Å². The number of nitrogens with one attached hydrogen (secondary N) is 2. The lowest BCUT2D eigenvalue weighted by molar-refractivity contribution is -0.384. The van der Waals surface area contributed by atoms with Gasteiger partial charge in [-0.25, -0.2) is 4.98 Å². The molecule has 1 atom stereocenters. The van der Waals surface area contributed by atoms with Gasteiger partial charge in [0.2, 0.25) is 0 Å². The standard InChI is InChI=1S/C13H17N5O2/c1-2-4-12(14-8-13-15-9-16-17-13)10-5-3-6-11(7-10)18(19)20/h3,5-7,9,12,14H,2,4,8H2,1H3,(H,15,16,17). The molecule has 0 saturated carbocycles. The highest BCUT2D eigenvalue weighted by atomic mass is 16.6. The molecule has 0 spiro atoms. The fourth-order valence-corrected chi connectivity index (χ4v) is 2.07. The van der Waals surface area contributed by atoms with E-state index in [1.807, 2.05) is 6.07 Å². The van der Waals surface area contributed by atoms with Crippen LogP contribution in [0.5, 0.6) is 0 Å². The second kappa shape index (κ2) is 6.76. The summed E-state index contributed by atoms with van der Waals surface area (Å²) in [5.74, 6) is 0.747. The van der Waals surface area contributed by atoms with Crippen molar-refractivity contribution in [3.8, 4) is 0 Å². The molecule has 0 aliphatic rings. The normalized spacial score (nSPS) is 12.2. The zero-order chi connectivity index (χ0) is 14.4. The molecule has 0 aliphatic carbocycles. The van der Waals surface area contributed by atoms with Crippen molar-refractivity contribution in [2.24, 2.45) is 0 Å². The Balaban J connectivity index is 2.10. The largest absolute Gasteiger partial charge is 0.303 e. The minimum atomic E-state index is -0.372. The summed E-state index contributed by atoms with van der Waals surface area (Å²) in [6.45, 7) is 2.63. The molecule has 106 valence electrons. The van der Waals surface area contributed by atoms with Crippen LogP contribution in [0.4, 0.5) is 5.69 Å². The van der Waals surface area contributed by atoms with Crippen LogP contribution in [-0.4, -0.2) is 20.1 Å². The second-order valence-corrected chi connectivity index (χ2v) is 4.51. The first-order chi connectivity index (χ1) is 9.70. The zero-order valence-electron chi connectivity index (χ0n) is 11.2. The molecule has 7 heteroatoms. The maximum absolute atomic E-state index is 10.8. The average Bonchev–Trinajstić information content (AvgIpc) is 2.97. The van der Waals surface area contributed by atoms with Gasteiger partial charge in [-0.1, -0.05) is 25.5 Å². The number of nitrogens with zero attached hydrogens (tertiary/aromatic N) is 3. The van der Waals surface area contributed by atoms with E-state index < -0.39 is 0 Å². The number of nitro groups is 1. The van der Waals surface area contributed by atoms with Crippen LogP contribution in [-0.2, 0) is 6.54 Å². The van der Waals surface area contributed by atoms with E-state index in [4.69, 9.17) is 0 Å². The molecule has 0 aliphatic heterocycles. The van der Waals surface area contributed by atoms with Crippen LogP contribution in [0.15, 0.2) is 30.6 Å². The number of H-pyrrole nitrogens is 1. The van der Waals surface area contributed by atoms with Gasteiger partial charge >= 0.3 is 0 Å². The molecule has 0 amide bonds. The van der Waals surface area contributed by atoms with Crippen LogP contribution in [0, 0.1) is 10.1 Å². The molecule has 1 aromatic carbocycles. The Bertz CT molecular complexity index is 556. The first-order valence-corrected chi connectivity index (χ1v) is 6.52. The number of nitro benzene ring substituents is 1. The van der Waals surface area contributed by atoms with Gasteiger partial charge in [0.05, 0.1) is 11.5 Å². The van der Waals surface area contributed by atoms with Gasteiger partial charge in [0.15, 0.2) is 0 Å². The summed E-state index contributed by atoms with van der Waals surface area (Å²) in [5, 5.41) is 20.8. The molecule has 7 nitrogen and oxygen atoms in total. The number of non-ortho nitro benzene ring substituents is 1. The summed E-state index contributed by atoms with van der Waals surface area (Å²) in [6, 6.07) is 6.80. The van der Waals surface area contributed by atoms with Gasteiger partial charge in [0.25, 0.3) is 5.69 Å². The molecule has 20 heavy (non-hydrogen) atoms. The summed E-state index contributed by atoms with van der Waals surface area (Å²) in [6.07, 6.45) is 3.34. The Labute approximate surface area is 116 Å². The number of benzene rings is 1. The lowest BCUT2D eigenvalue weighted by Crippen LogP contribution is -2.21. The van der Waals surface area contributed by atoms with Crippen molar-refractivity contribution in [3.05, 3.63) is 52.1 Å². The molecule has 1 unspecified atom stereocenters. The molecule has 1 heterocycles. The summed E-state index contributed by atoms with van der Waals surface area (Å²) < 4.78 is 0. The number of rotatable bonds is 7. The molecule has 2 N–H and O–H groups in total. The molecule has 0 radical (unpaired) electrons. The van der Waals surface area contributed by atoms with Gasteiger partial charge < -0.3 is 5.32 Å². The monoisotopic (exact) mass is 275 g/mol. The first-order valence-electron chi connectivity index (χ1n) is 6.52. The van der Waals surface area contributed by atoms with Crippen LogP contribution in [0.3, 0.4) is 0 Å². The predicted octanol–water partition coefficient (Wildman–Crippen LogP) is 2.34. The SMILES string of the molecule is CCCC(NCc1ncn[nH]1)c1cccc([N+](=O)[O-])c1. The number of aromatic amines is 1. The number of hydrogen-bond donors (Lipinski definition) is 2. The Hall–Kier alpha value is -2.28. The van der Waals surface area contributed by atoms with E-state index in [2.05, 4.69) is 27.4 Å². The predicted molar refractivity (Wildman–Crippen MR) is 74.0 cm³/mol. The Morgan fingerprint density at radius 1 is 1.50 bits per heavy atom. The van der Waals surface area contributed by atoms with Gasteiger partial charge in [-0.05, 0) is 12.0 Å². The Morgan fingerprint density at radius 2 is 2.35 bits per heavy atom. The minimum absolute atomic E-state index is 0.0602. The summed E-state index contributed by atoms with van der Waals surface area (Å²) in [5.41, 5.74) is 1.03. The van der Waals surface area contributed by atoms with Crippen LogP contribution in [0.1, 0.15) is 37.2 Å². The van der Waals surface area contributed by atoms with E-state index >= 15 is 0 Å². The smallest absolute Gasteiger partial charge is 0.269 e. The van der Waals surface area contributed by atoms with Gasteiger partial charge in [-0.3, -0.25) is 15.2 Å². The van der Waals surface area contributed by atoms with Crippen molar-refractivity contribution in [3.63, 3.8) is 0 Å². The molecule has 2 aromatic rings. The van der Waals surface area contributed by atoms with Gasteiger partial charge in [0.1, 0.15) is 12.2 Å². The zero-order valence-corrected chi connectivity index (χ0v) is 11.2. The van der Waals surface area contributed by atoms with Crippen molar-refractivity contribution in [1.82, 2.24) is 20.5 Å². The van der Waals surface area contributed by atoms with Crippen molar-refractivity contribution < 1.29 is 4.92 Å². The van der Waals surface area contributed by atoms with E-state index in [0.29, 0.717) is 6.54 Å². The highest BCUT2D eigenvalue weighted by Crippen LogP contribution is 2.23. The molecule has 0 saturated heterocycles. The molecular formula is C13H17N5O2. The van der Waals surface area contributed by atoms with E-state index in [0.717, 1.165) is 24.2 Å². The third kappa shape index (κ3) is 3.61. The Kier molecular flexibility index (Phi) is 4.78. The van der Waals surface area contributed by atoms with Gasteiger partial charge in [-0.2, -0.15) is 5.10 Å². The number of aromatic nitrogens is 3. The maximum Gasteiger partial charge on any atom is 0.269 e. The van der Waals surface area contributed by atoms with Gasteiger partial charge in [-0.15, -0.1) is 0 Å². The minimum Gasteiger partial charge on any atom is -0.303 e. The third-order valence-electron chi connectivity index (χ3n) is 3.04. The highest BCUT2D eigenvalue weighted by molar-refractivity contribution is 5.35. The Morgan fingerprint density at radius 3 is 3.00 bits per heavy atom. The molecule has 2 rings (SSSR count). The number of hydrogen-bond acceptors (Lipinski definition) is 5. The topological polar surface area (TPSA) is 96.7 Å². The average molecular weight is 275 g/mol. The molecular weight excluding hydrogens is 258 g/mol. The van der Waals surface area contributed by atoms with Crippen LogP contribution in [0.25, 0.3) is 0 Å². The quantitative estimate of drug-likeness (QED) is 0.597. The second-order valence-electron chi connectivity index (χ2n) is 4.51. The van der Waals surface area contributed by atoms with Gasteiger partial charge in [0, 0.05) is 18.2 Å². The van der Waals surface area contributed by atoms with Crippen molar-refractivity contribution in [2.75, 3.05) is 0 Å². The highest BCUT2D eigenvalue weighted by Gasteiger charge is 2.14.